The van der Waals surface area contributed by atoms with E-state index >= 15 is 0 Å². The van der Waals surface area contributed by atoms with E-state index in [1.165, 1.54) is 54.3 Å². The van der Waals surface area contributed by atoms with Gasteiger partial charge >= 0.3 is 0 Å². The zero-order valence-electron chi connectivity index (χ0n) is 14.1. The number of nitrogens with one attached hydrogen (secondary N) is 1. The molecule has 0 atom stereocenters. The first-order valence-corrected chi connectivity index (χ1v) is 11.5. The lowest BCUT2D eigenvalue weighted by Gasteiger charge is -2.26. The van der Waals surface area contributed by atoms with Crippen molar-refractivity contribution in [1.82, 2.24) is 15.1 Å². The Hall–Kier alpha value is -1.12. The number of thiophene rings is 1. The van der Waals surface area contributed by atoms with E-state index in [2.05, 4.69) is 27.0 Å². The minimum absolute atomic E-state index is 0.193. The topological polar surface area (TPSA) is 58.1 Å². The van der Waals surface area contributed by atoms with Crippen molar-refractivity contribution in [2.45, 2.75) is 55.5 Å². The number of hydrogen-bond acceptors (Lipinski definition) is 7. The number of anilines is 1. The molecule has 0 saturated heterocycles. The molecule has 2 aromatic heterocycles. The smallest absolute Gasteiger partial charge is 0.233 e. The Kier molecular flexibility index (Phi) is 5.57. The molecule has 25 heavy (non-hydrogen) atoms. The summed E-state index contributed by atoms with van der Waals surface area (Å²) >= 11 is 4.87. The monoisotopic (exact) mass is 394 g/mol. The zero-order valence-corrected chi connectivity index (χ0v) is 16.5. The van der Waals surface area contributed by atoms with Crippen molar-refractivity contribution in [1.29, 1.82) is 0 Å². The van der Waals surface area contributed by atoms with Crippen LogP contribution in [0.25, 0.3) is 0 Å². The summed E-state index contributed by atoms with van der Waals surface area (Å²) in [5.74, 6) is 0.635. The minimum Gasteiger partial charge on any atom is -0.357 e. The van der Waals surface area contributed by atoms with E-state index in [1.807, 2.05) is 4.90 Å². The van der Waals surface area contributed by atoms with Gasteiger partial charge < -0.3 is 10.2 Å². The molecule has 5 nitrogen and oxygen atoms in total. The third-order valence-corrected chi connectivity index (χ3v) is 7.81. The molecule has 0 unspecified atom stereocenters. The number of fused-ring (bicyclic) bond motifs is 1. The van der Waals surface area contributed by atoms with Crippen LogP contribution in [0.1, 0.15) is 42.5 Å². The van der Waals surface area contributed by atoms with E-state index in [0.29, 0.717) is 11.8 Å². The van der Waals surface area contributed by atoms with Crippen LogP contribution < -0.4 is 5.32 Å². The third kappa shape index (κ3) is 4.35. The summed E-state index contributed by atoms with van der Waals surface area (Å²) in [7, 11) is 0. The number of thioether (sulfide) groups is 1. The van der Waals surface area contributed by atoms with Gasteiger partial charge in [-0.2, -0.15) is 0 Å². The molecule has 8 heteroatoms. The molecular weight excluding hydrogens is 372 g/mol. The first-order valence-electron chi connectivity index (χ1n) is 8.84. The second kappa shape index (κ2) is 8.05. The highest BCUT2D eigenvalue weighted by Gasteiger charge is 2.22. The lowest BCUT2D eigenvalue weighted by molar-refractivity contribution is -0.129. The Morgan fingerprint density at radius 2 is 2.20 bits per heavy atom. The minimum atomic E-state index is 0.193. The molecule has 0 spiro atoms. The molecule has 4 rings (SSSR count). The number of rotatable bonds is 5. The lowest BCUT2D eigenvalue weighted by atomic mass is 9.96. The van der Waals surface area contributed by atoms with Gasteiger partial charge in [0.05, 0.1) is 5.75 Å². The van der Waals surface area contributed by atoms with Gasteiger partial charge in [-0.05, 0) is 36.3 Å². The fourth-order valence-corrected chi connectivity index (χ4v) is 6.05. The van der Waals surface area contributed by atoms with Gasteiger partial charge in [0.1, 0.15) is 0 Å². The van der Waals surface area contributed by atoms with E-state index in [0.717, 1.165) is 29.0 Å². The molecule has 1 fully saturated rings. The second-order valence-electron chi connectivity index (χ2n) is 6.58. The summed E-state index contributed by atoms with van der Waals surface area (Å²) in [6.07, 6.45) is 7.38. The zero-order chi connectivity index (χ0) is 17.1. The van der Waals surface area contributed by atoms with Crippen LogP contribution in [0.4, 0.5) is 5.13 Å². The third-order valence-electron chi connectivity index (χ3n) is 4.82. The van der Waals surface area contributed by atoms with Crippen LogP contribution in [0.15, 0.2) is 15.8 Å². The Bertz CT molecular complexity index is 723. The molecule has 1 aliphatic heterocycles. The van der Waals surface area contributed by atoms with Crippen LogP contribution in [-0.4, -0.2) is 39.3 Å². The van der Waals surface area contributed by atoms with Crippen LogP contribution in [-0.2, 0) is 17.8 Å². The van der Waals surface area contributed by atoms with Crippen LogP contribution >= 0.6 is 34.4 Å². The predicted octanol–water partition coefficient (Wildman–Crippen LogP) is 4.02. The van der Waals surface area contributed by atoms with Gasteiger partial charge in [0.25, 0.3) is 0 Å². The predicted molar refractivity (Wildman–Crippen MR) is 105 cm³/mol. The summed E-state index contributed by atoms with van der Waals surface area (Å²) in [5.41, 5.74) is 1.31. The van der Waals surface area contributed by atoms with Gasteiger partial charge in [0.2, 0.25) is 11.0 Å². The molecule has 3 heterocycles. The second-order valence-corrected chi connectivity index (χ2v) is 9.78. The first kappa shape index (κ1) is 17.3. The SMILES string of the molecule is O=C(CSc1nnc(NC2CCCCC2)s1)N1CCc2sccc2C1. The average Bonchev–Trinajstić information content (AvgIpc) is 3.29. The number of hydrogen-bond donors (Lipinski definition) is 1. The Morgan fingerprint density at radius 1 is 1.32 bits per heavy atom. The van der Waals surface area contributed by atoms with Crippen LogP contribution in [0.5, 0.6) is 0 Å². The Morgan fingerprint density at radius 3 is 3.08 bits per heavy atom. The number of carbonyl (C=O) groups excluding carboxylic acids is 1. The molecule has 1 N–H and O–H groups in total. The highest BCUT2D eigenvalue weighted by molar-refractivity contribution is 8.01. The summed E-state index contributed by atoms with van der Waals surface area (Å²) in [6, 6.07) is 2.68. The summed E-state index contributed by atoms with van der Waals surface area (Å²) in [6.45, 7) is 1.58. The normalized spacial score (nSPS) is 18.2. The number of nitrogens with zero attached hydrogens (tertiary/aromatic N) is 3. The van der Waals surface area contributed by atoms with Gasteiger partial charge in [-0.3, -0.25) is 4.79 Å². The van der Waals surface area contributed by atoms with Crippen molar-refractivity contribution in [3.63, 3.8) is 0 Å². The summed E-state index contributed by atoms with van der Waals surface area (Å²) < 4.78 is 0.875. The quantitative estimate of drug-likeness (QED) is 0.776. The molecule has 2 aliphatic rings. The van der Waals surface area contributed by atoms with E-state index in [9.17, 15) is 4.79 Å². The van der Waals surface area contributed by atoms with E-state index < -0.39 is 0 Å². The molecule has 1 amide bonds. The van der Waals surface area contributed by atoms with Crippen LogP contribution in [0.3, 0.4) is 0 Å². The number of amides is 1. The summed E-state index contributed by atoms with van der Waals surface area (Å²) in [4.78, 5) is 15.9. The van der Waals surface area contributed by atoms with Crippen molar-refractivity contribution in [3.8, 4) is 0 Å². The maximum Gasteiger partial charge on any atom is 0.233 e. The largest absolute Gasteiger partial charge is 0.357 e. The van der Waals surface area contributed by atoms with Gasteiger partial charge in [0.15, 0.2) is 4.34 Å². The molecule has 1 saturated carbocycles. The van der Waals surface area contributed by atoms with E-state index in [-0.39, 0.29) is 5.91 Å². The molecule has 134 valence electrons. The highest BCUT2D eigenvalue weighted by Crippen LogP contribution is 2.29. The molecule has 2 aromatic rings. The van der Waals surface area contributed by atoms with Crippen molar-refractivity contribution in [2.24, 2.45) is 0 Å². The fraction of sp³-hybridized carbons (Fsp3) is 0.588. The van der Waals surface area contributed by atoms with Crippen molar-refractivity contribution in [3.05, 3.63) is 21.9 Å². The molecule has 0 bridgehead atoms. The van der Waals surface area contributed by atoms with Crippen LogP contribution in [0.2, 0.25) is 0 Å². The van der Waals surface area contributed by atoms with E-state index in [1.54, 1.807) is 22.7 Å². The lowest BCUT2D eigenvalue weighted by Crippen LogP contribution is -2.36. The molecule has 1 aliphatic carbocycles. The fourth-order valence-electron chi connectivity index (χ4n) is 3.42. The number of aromatic nitrogens is 2. The Balaban J connectivity index is 1.26. The van der Waals surface area contributed by atoms with Crippen LogP contribution in [0, 0.1) is 0 Å². The van der Waals surface area contributed by atoms with Gasteiger partial charge in [-0.15, -0.1) is 21.5 Å². The van der Waals surface area contributed by atoms with Crippen molar-refractivity contribution >= 4 is 45.5 Å². The maximum atomic E-state index is 12.5. The molecule has 0 radical (unpaired) electrons. The molecular formula is C17H22N4OS3. The van der Waals surface area contributed by atoms with Gasteiger partial charge in [0, 0.05) is 24.0 Å². The summed E-state index contributed by atoms with van der Waals surface area (Å²) in [5, 5.41) is 15.0. The maximum absolute atomic E-state index is 12.5. The first-order chi connectivity index (χ1) is 12.3. The highest BCUT2D eigenvalue weighted by atomic mass is 32.2. The number of carbonyl (C=O) groups is 1. The van der Waals surface area contributed by atoms with Gasteiger partial charge in [-0.1, -0.05) is 42.4 Å². The van der Waals surface area contributed by atoms with E-state index in [4.69, 9.17) is 0 Å². The average molecular weight is 395 g/mol. The van der Waals surface area contributed by atoms with Gasteiger partial charge in [-0.25, -0.2) is 0 Å². The van der Waals surface area contributed by atoms with Crippen molar-refractivity contribution in [2.75, 3.05) is 17.6 Å². The Labute approximate surface area is 160 Å². The standard InChI is InChI=1S/C17H22N4OS3/c22-15(21-8-6-14-12(10-21)7-9-23-14)11-24-17-20-19-16(25-17)18-13-4-2-1-3-5-13/h7,9,13H,1-6,8,10-11H2,(H,18,19). The molecule has 0 aromatic carbocycles. The van der Waals surface area contributed by atoms with Crippen molar-refractivity contribution < 1.29 is 4.79 Å².